The lowest BCUT2D eigenvalue weighted by Gasteiger charge is -2.13. The predicted molar refractivity (Wildman–Crippen MR) is 71.9 cm³/mol. The van der Waals surface area contributed by atoms with Crippen LogP contribution in [0.4, 0.5) is 0 Å². The van der Waals surface area contributed by atoms with Gasteiger partial charge in [0.1, 0.15) is 0 Å². The minimum absolute atomic E-state index is 0.343. The second-order valence-electron chi connectivity index (χ2n) is 4.13. The van der Waals surface area contributed by atoms with Gasteiger partial charge in [-0.05, 0) is 30.4 Å². The monoisotopic (exact) mass is 253 g/mol. The highest BCUT2D eigenvalue weighted by Crippen LogP contribution is 2.32. The summed E-state index contributed by atoms with van der Waals surface area (Å²) in [4.78, 5) is 0. The average Bonchev–Trinajstić information content (AvgIpc) is 2.81. The van der Waals surface area contributed by atoms with Gasteiger partial charge < -0.3 is 14.8 Å². The van der Waals surface area contributed by atoms with Crippen molar-refractivity contribution in [1.29, 1.82) is 0 Å². The van der Waals surface area contributed by atoms with Gasteiger partial charge in [-0.3, -0.25) is 0 Å². The molecule has 0 fully saturated rings. The first-order valence-electron chi connectivity index (χ1n) is 5.99. The minimum atomic E-state index is 0.343. The van der Waals surface area contributed by atoms with Crippen LogP contribution < -0.4 is 14.8 Å². The molecular weight excluding hydrogens is 234 g/mol. The van der Waals surface area contributed by atoms with Crippen molar-refractivity contribution >= 4 is 11.8 Å². The Bertz CT molecular complexity index is 370. The molecule has 3 nitrogen and oxygen atoms in total. The molecule has 0 bridgehead atoms. The van der Waals surface area contributed by atoms with E-state index in [-0.39, 0.29) is 0 Å². The molecule has 1 atom stereocenters. The zero-order valence-corrected chi connectivity index (χ0v) is 11.2. The average molecular weight is 253 g/mol. The number of benzene rings is 1. The van der Waals surface area contributed by atoms with Crippen LogP contribution in [0.3, 0.4) is 0 Å². The van der Waals surface area contributed by atoms with E-state index < -0.39 is 0 Å². The molecule has 0 amide bonds. The molecule has 0 spiro atoms. The van der Waals surface area contributed by atoms with Gasteiger partial charge in [-0.25, -0.2) is 0 Å². The largest absolute Gasteiger partial charge is 0.454 e. The van der Waals surface area contributed by atoms with E-state index in [0.29, 0.717) is 12.8 Å². The Balaban J connectivity index is 1.83. The second-order valence-corrected chi connectivity index (χ2v) is 5.45. The maximum Gasteiger partial charge on any atom is 0.231 e. The summed E-state index contributed by atoms with van der Waals surface area (Å²) >= 11 is 1.96. The van der Waals surface area contributed by atoms with Crippen molar-refractivity contribution in [2.45, 2.75) is 26.4 Å². The lowest BCUT2D eigenvalue weighted by molar-refractivity contribution is 0.174. The molecule has 1 aromatic carbocycles. The summed E-state index contributed by atoms with van der Waals surface area (Å²) in [6, 6.07) is 6.64. The van der Waals surface area contributed by atoms with Gasteiger partial charge in [0.2, 0.25) is 6.79 Å². The van der Waals surface area contributed by atoms with Gasteiger partial charge in [0, 0.05) is 18.3 Å². The molecule has 1 N–H and O–H groups in total. The van der Waals surface area contributed by atoms with Crippen molar-refractivity contribution in [1.82, 2.24) is 5.32 Å². The third-order valence-electron chi connectivity index (χ3n) is 2.66. The first-order chi connectivity index (χ1) is 8.29. The van der Waals surface area contributed by atoms with Gasteiger partial charge >= 0.3 is 0 Å². The molecule has 1 unspecified atom stereocenters. The molecule has 1 aliphatic heterocycles. The first kappa shape index (κ1) is 12.6. The number of ether oxygens (including phenoxy) is 2. The number of thioether (sulfide) groups is 1. The normalized spacial score (nSPS) is 14.9. The summed E-state index contributed by atoms with van der Waals surface area (Å²) in [6.07, 6.45) is 0. The van der Waals surface area contributed by atoms with Gasteiger partial charge in [-0.2, -0.15) is 11.8 Å². The van der Waals surface area contributed by atoms with Gasteiger partial charge in [-0.1, -0.05) is 13.0 Å². The van der Waals surface area contributed by atoms with Crippen molar-refractivity contribution in [3.63, 3.8) is 0 Å². The molecule has 0 saturated heterocycles. The second kappa shape index (κ2) is 6.17. The topological polar surface area (TPSA) is 30.5 Å². The Morgan fingerprint density at radius 2 is 2.18 bits per heavy atom. The van der Waals surface area contributed by atoms with E-state index in [4.69, 9.17) is 9.47 Å². The van der Waals surface area contributed by atoms with Crippen LogP contribution in [0.2, 0.25) is 0 Å². The summed E-state index contributed by atoms with van der Waals surface area (Å²) in [6.45, 7) is 5.63. The van der Waals surface area contributed by atoms with Crippen molar-refractivity contribution in [3.05, 3.63) is 23.8 Å². The van der Waals surface area contributed by atoms with Crippen LogP contribution >= 0.6 is 11.8 Å². The van der Waals surface area contributed by atoms with Crippen LogP contribution in [-0.2, 0) is 6.54 Å². The molecule has 1 aromatic rings. The zero-order chi connectivity index (χ0) is 12.1. The summed E-state index contributed by atoms with van der Waals surface area (Å²) in [7, 11) is 0. The molecule has 17 heavy (non-hydrogen) atoms. The van der Waals surface area contributed by atoms with E-state index in [1.54, 1.807) is 0 Å². The Morgan fingerprint density at radius 1 is 1.35 bits per heavy atom. The third kappa shape index (κ3) is 3.54. The Labute approximate surface area is 107 Å². The summed E-state index contributed by atoms with van der Waals surface area (Å²) in [5.41, 5.74) is 1.24. The fourth-order valence-electron chi connectivity index (χ4n) is 1.70. The van der Waals surface area contributed by atoms with Crippen LogP contribution in [-0.4, -0.2) is 24.3 Å². The van der Waals surface area contributed by atoms with Gasteiger partial charge in [0.15, 0.2) is 11.5 Å². The van der Waals surface area contributed by atoms with Crippen LogP contribution in [0, 0.1) is 0 Å². The standard InChI is InChI=1S/C13H19NO2S/c1-3-17-8-10(2)14-7-11-4-5-12-13(6-11)16-9-15-12/h4-6,10,14H,3,7-9H2,1-2H3. The van der Waals surface area contributed by atoms with Crippen LogP contribution in [0.25, 0.3) is 0 Å². The third-order valence-corrected chi connectivity index (χ3v) is 3.81. The number of rotatable bonds is 6. The van der Waals surface area contributed by atoms with Crippen molar-refractivity contribution in [2.24, 2.45) is 0 Å². The van der Waals surface area contributed by atoms with Gasteiger partial charge in [-0.15, -0.1) is 0 Å². The fourth-order valence-corrected chi connectivity index (χ4v) is 2.40. The highest BCUT2D eigenvalue weighted by Gasteiger charge is 2.13. The maximum atomic E-state index is 5.36. The van der Waals surface area contributed by atoms with Crippen LogP contribution in [0.15, 0.2) is 18.2 Å². The van der Waals surface area contributed by atoms with E-state index in [2.05, 4.69) is 31.3 Å². The number of hydrogen-bond donors (Lipinski definition) is 1. The van der Waals surface area contributed by atoms with E-state index >= 15 is 0 Å². The molecule has 0 aromatic heterocycles. The SMILES string of the molecule is CCSCC(C)NCc1ccc2c(c1)OCO2. The predicted octanol–water partition coefficient (Wildman–Crippen LogP) is 2.65. The van der Waals surface area contributed by atoms with Crippen molar-refractivity contribution < 1.29 is 9.47 Å². The van der Waals surface area contributed by atoms with E-state index in [1.807, 2.05) is 17.8 Å². The Kier molecular flexibility index (Phi) is 4.57. The summed E-state index contributed by atoms with van der Waals surface area (Å²) in [5, 5.41) is 3.51. The lowest BCUT2D eigenvalue weighted by Crippen LogP contribution is -2.27. The van der Waals surface area contributed by atoms with E-state index in [0.717, 1.165) is 23.8 Å². The number of hydrogen-bond acceptors (Lipinski definition) is 4. The van der Waals surface area contributed by atoms with Crippen LogP contribution in [0.1, 0.15) is 19.4 Å². The number of nitrogens with one attached hydrogen (secondary N) is 1. The van der Waals surface area contributed by atoms with E-state index in [9.17, 15) is 0 Å². The Hall–Kier alpha value is -0.870. The molecule has 0 saturated carbocycles. The first-order valence-corrected chi connectivity index (χ1v) is 7.14. The highest BCUT2D eigenvalue weighted by atomic mass is 32.2. The molecule has 2 rings (SSSR count). The molecule has 4 heteroatoms. The van der Waals surface area contributed by atoms with Gasteiger partial charge in [0.05, 0.1) is 0 Å². The minimum Gasteiger partial charge on any atom is -0.454 e. The Morgan fingerprint density at radius 3 is 3.00 bits per heavy atom. The summed E-state index contributed by atoms with van der Waals surface area (Å²) < 4.78 is 10.6. The molecular formula is C13H19NO2S. The lowest BCUT2D eigenvalue weighted by atomic mass is 10.2. The van der Waals surface area contributed by atoms with E-state index in [1.165, 1.54) is 11.3 Å². The number of fused-ring (bicyclic) bond motifs is 1. The highest BCUT2D eigenvalue weighted by molar-refractivity contribution is 7.99. The van der Waals surface area contributed by atoms with Crippen molar-refractivity contribution in [3.8, 4) is 11.5 Å². The van der Waals surface area contributed by atoms with Crippen LogP contribution in [0.5, 0.6) is 11.5 Å². The summed E-state index contributed by atoms with van der Waals surface area (Å²) in [5.74, 6) is 4.04. The smallest absolute Gasteiger partial charge is 0.231 e. The molecule has 94 valence electrons. The molecule has 0 radical (unpaired) electrons. The molecule has 1 heterocycles. The fraction of sp³-hybridized carbons (Fsp3) is 0.538. The maximum absolute atomic E-state index is 5.36. The zero-order valence-electron chi connectivity index (χ0n) is 10.4. The van der Waals surface area contributed by atoms with Gasteiger partial charge in [0.25, 0.3) is 0 Å². The molecule has 1 aliphatic rings. The van der Waals surface area contributed by atoms with Crippen molar-refractivity contribution in [2.75, 3.05) is 18.3 Å². The molecule has 0 aliphatic carbocycles. The quantitative estimate of drug-likeness (QED) is 0.844.